The topological polar surface area (TPSA) is 247 Å². The van der Waals surface area contributed by atoms with Gasteiger partial charge in [0.15, 0.2) is 0 Å². The van der Waals surface area contributed by atoms with Crippen LogP contribution in [0.5, 0.6) is 0 Å². The Morgan fingerprint density at radius 1 is 0.633 bits per heavy atom. The molecule has 0 saturated heterocycles. The Labute approximate surface area is 171 Å². The molecule has 0 radical (unpaired) electrons. The van der Waals surface area contributed by atoms with Crippen LogP contribution in [0.25, 0.3) is 0 Å². The molecular weight excluding hydrogens is 412 g/mol. The van der Waals surface area contributed by atoms with Crippen LogP contribution in [0.1, 0.15) is 13.3 Å². The summed E-state index contributed by atoms with van der Waals surface area (Å²) in [5.74, 6) is -6.01. The smallest absolute Gasteiger partial charge is 0.328 e. The minimum atomic E-state index is -1.26. The third kappa shape index (κ3) is 32.1. The van der Waals surface area contributed by atoms with Crippen molar-refractivity contribution in [1.29, 1.82) is 0 Å². The summed E-state index contributed by atoms with van der Waals surface area (Å²) >= 11 is 0. The number of carboxylic acid groups (broad SMARTS) is 5. The minimum Gasteiger partial charge on any atom is -0.478 e. The van der Waals surface area contributed by atoms with Crippen molar-refractivity contribution in [3.63, 3.8) is 0 Å². The Balaban J connectivity index is -0.000000153. The van der Waals surface area contributed by atoms with E-state index in [9.17, 15) is 24.0 Å². The molecule has 0 rings (SSSR count). The number of hydrogen-bond donors (Lipinski definition) is 8. The van der Waals surface area contributed by atoms with Crippen molar-refractivity contribution >= 4 is 29.8 Å². The van der Waals surface area contributed by atoms with Gasteiger partial charge in [-0.15, -0.1) is 0 Å². The number of carbonyl (C=O) groups is 5. The zero-order chi connectivity index (χ0) is 24.8. The molecule has 0 atom stereocenters. The van der Waals surface area contributed by atoms with E-state index in [2.05, 4.69) is 6.58 Å². The molecule has 30 heavy (non-hydrogen) atoms. The zero-order valence-corrected chi connectivity index (χ0v) is 16.0. The van der Waals surface area contributed by atoms with Crippen LogP contribution in [0.15, 0.2) is 37.0 Å². The van der Waals surface area contributed by atoms with Crippen LogP contribution < -0.4 is 0 Å². The first-order valence-corrected chi connectivity index (χ1v) is 7.73. The summed E-state index contributed by atoms with van der Waals surface area (Å²) < 4.78 is 0. The summed E-state index contributed by atoms with van der Waals surface area (Å²) in [6, 6.07) is 0. The highest BCUT2D eigenvalue weighted by atomic mass is 16.4. The molecular formula is C17H26O13. The first kappa shape index (κ1) is 34.0. The van der Waals surface area contributed by atoms with E-state index in [-0.39, 0.29) is 19.8 Å². The van der Waals surface area contributed by atoms with Crippen molar-refractivity contribution < 1.29 is 64.8 Å². The fourth-order valence-corrected chi connectivity index (χ4v) is 0.771. The van der Waals surface area contributed by atoms with Gasteiger partial charge in [-0.2, -0.15) is 0 Å². The van der Waals surface area contributed by atoms with Gasteiger partial charge in [-0.1, -0.05) is 13.5 Å². The third-order valence-corrected chi connectivity index (χ3v) is 2.67. The highest BCUT2D eigenvalue weighted by molar-refractivity contribution is 5.90. The number of aliphatic carboxylic acids is 5. The molecule has 0 aliphatic heterocycles. The molecule has 0 saturated carbocycles. The van der Waals surface area contributed by atoms with Crippen LogP contribution in [-0.2, 0) is 24.0 Å². The van der Waals surface area contributed by atoms with Crippen molar-refractivity contribution in [3.05, 3.63) is 37.0 Å². The molecule has 8 N–H and O–H groups in total. The van der Waals surface area contributed by atoms with Crippen molar-refractivity contribution in [2.75, 3.05) is 19.8 Å². The standard InChI is InChI=1S/C6H14O3.2C4H4O4.C3H4O2/c1-2-6(3-7,4-8)5-9;2*5-3(6)1-2-4(7)8;1-2-3(4)5/h7-9H,2-5H2,1H3;2*1-2H,(H,5,6)(H,7,8);2H,1H2,(H,4,5). The molecule has 0 aromatic heterocycles. The quantitative estimate of drug-likeness (QED) is 0.202. The molecule has 0 aromatic carbocycles. The van der Waals surface area contributed by atoms with Crippen LogP contribution in [0.2, 0.25) is 0 Å². The van der Waals surface area contributed by atoms with Gasteiger partial charge in [-0.3, -0.25) is 0 Å². The summed E-state index contributed by atoms with van der Waals surface area (Å²) in [6.07, 6.45) is 3.66. The highest BCUT2D eigenvalue weighted by Crippen LogP contribution is 2.18. The van der Waals surface area contributed by atoms with Crippen LogP contribution in [0.3, 0.4) is 0 Å². The van der Waals surface area contributed by atoms with E-state index in [1.165, 1.54) is 0 Å². The molecule has 0 heterocycles. The van der Waals surface area contributed by atoms with Gasteiger partial charge in [-0.05, 0) is 6.42 Å². The predicted octanol–water partition coefficient (Wildman–Crippen LogP) is -0.960. The van der Waals surface area contributed by atoms with E-state index in [4.69, 9.17) is 40.9 Å². The monoisotopic (exact) mass is 438 g/mol. The lowest BCUT2D eigenvalue weighted by molar-refractivity contribution is -0.134. The molecule has 0 spiro atoms. The first-order chi connectivity index (χ1) is 13.8. The van der Waals surface area contributed by atoms with Crippen molar-refractivity contribution in [2.24, 2.45) is 5.41 Å². The second-order valence-electron chi connectivity index (χ2n) is 4.89. The third-order valence-electron chi connectivity index (χ3n) is 2.67. The maximum atomic E-state index is 9.55. The Morgan fingerprint density at radius 3 is 0.867 bits per heavy atom. The summed E-state index contributed by atoms with van der Waals surface area (Å²) in [5, 5.41) is 64.8. The highest BCUT2D eigenvalue weighted by Gasteiger charge is 2.24. The molecule has 0 fully saturated rings. The molecule has 0 aliphatic carbocycles. The van der Waals surface area contributed by atoms with Crippen LogP contribution in [-0.4, -0.2) is 90.5 Å². The lowest BCUT2D eigenvalue weighted by Gasteiger charge is -2.24. The predicted molar refractivity (Wildman–Crippen MR) is 101 cm³/mol. The molecule has 0 amide bonds. The molecule has 13 nitrogen and oxygen atoms in total. The SMILES string of the molecule is C=CC(=O)O.CCC(CO)(CO)CO.O=C(O)C=CC(=O)O.O=C(O)C=CC(=O)O. The van der Waals surface area contributed by atoms with Gasteiger partial charge >= 0.3 is 29.8 Å². The Kier molecular flexibility index (Phi) is 24.6. The number of carboxylic acids is 5. The summed E-state index contributed by atoms with van der Waals surface area (Å²) in [6.45, 7) is 4.31. The summed E-state index contributed by atoms with van der Waals surface area (Å²) in [5.41, 5.74) is -0.667. The van der Waals surface area contributed by atoms with E-state index >= 15 is 0 Å². The van der Waals surface area contributed by atoms with Gasteiger partial charge in [0.2, 0.25) is 0 Å². The number of aliphatic hydroxyl groups excluding tert-OH is 3. The van der Waals surface area contributed by atoms with Gasteiger partial charge in [0.1, 0.15) is 0 Å². The largest absolute Gasteiger partial charge is 0.478 e. The van der Waals surface area contributed by atoms with Gasteiger partial charge in [0, 0.05) is 35.8 Å². The van der Waals surface area contributed by atoms with E-state index in [0.717, 1.165) is 6.08 Å². The van der Waals surface area contributed by atoms with Gasteiger partial charge in [0.25, 0.3) is 0 Å². The lowest BCUT2D eigenvalue weighted by atomic mass is 9.88. The Bertz CT molecular complexity index is 517. The van der Waals surface area contributed by atoms with Crippen LogP contribution in [0.4, 0.5) is 0 Å². The fourth-order valence-electron chi connectivity index (χ4n) is 0.771. The average molecular weight is 438 g/mol. The first-order valence-electron chi connectivity index (χ1n) is 7.73. The van der Waals surface area contributed by atoms with Gasteiger partial charge in [0.05, 0.1) is 19.8 Å². The van der Waals surface area contributed by atoms with Crippen molar-refractivity contribution in [1.82, 2.24) is 0 Å². The second kappa shape index (κ2) is 21.7. The minimum absolute atomic E-state index is 0.156. The van der Waals surface area contributed by atoms with Crippen molar-refractivity contribution in [3.8, 4) is 0 Å². The van der Waals surface area contributed by atoms with Crippen LogP contribution in [0, 0.1) is 5.41 Å². The zero-order valence-electron chi connectivity index (χ0n) is 16.0. The number of aliphatic hydroxyl groups is 3. The molecule has 172 valence electrons. The number of rotatable bonds is 9. The molecule has 0 bridgehead atoms. The maximum absolute atomic E-state index is 9.55. The van der Waals surface area contributed by atoms with Crippen LogP contribution >= 0.6 is 0 Å². The molecule has 0 aliphatic rings. The van der Waals surface area contributed by atoms with Gasteiger partial charge in [-0.25, -0.2) is 24.0 Å². The maximum Gasteiger partial charge on any atom is 0.328 e. The molecule has 0 aromatic rings. The Morgan fingerprint density at radius 2 is 0.833 bits per heavy atom. The molecule has 13 heteroatoms. The second-order valence-corrected chi connectivity index (χ2v) is 4.89. The normalized spacial score (nSPS) is 9.73. The van der Waals surface area contributed by atoms with E-state index in [0.29, 0.717) is 30.7 Å². The van der Waals surface area contributed by atoms with E-state index in [1.807, 2.05) is 6.92 Å². The lowest BCUT2D eigenvalue weighted by Crippen LogP contribution is -2.32. The number of hydrogen-bond acceptors (Lipinski definition) is 8. The average Bonchev–Trinajstić information content (AvgIpc) is 2.68. The van der Waals surface area contributed by atoms with E-state index in [1.54, 1.807) is 0 Å². The summed E-state index contributed by atoms with van der Waals surface area (Å²) in [4.78, 5) is 47.5. The van der Waals surface area contributed by atoms with Crippen molar-refractivity contribution in [2.45, 2.75) is 13.3 Å². The van der Waals surface area contributed by atoms with Gasteiger partial charge < -0.3 is 40.9 Å². The summed E-state index contributed by atoms with van der Waals surface area (Å²) in [7, 11) is 0. The van der Waals surface area contributed by atoms with E-state index < -0.39 is 35.3 Å². The molecule has 0 unspecified atom stereocenters. The Hall–Kier alpha value is -3.55. The fraction of sp³-hybridized carbons (Fsp3) is 0.353.